The van der Waals surface area contributed by atoms with Crippen LogP contribution in [0.3, 0.4) is 0 Å². The van der Waals surface area contributed by atoms with Gasteiger partial charge in [-0.25, -0.2) is 23.4 Å². The molecule has 5 rings (SSSR count). The van der Waals surface area contributed by atoms with E-state index in [-0.39, 0.29) is 4.90 Å². The van der Waals surface area contributed by atoms with Crippen LogP contribution in [0.5, 0.6) is 0 Å². The van der Waals surface area contributed by atoms with Crippen LogP contribution in [0.1, 0.15) is 6.92 Å². The minimum absolute atomic E-state index is 0.261. The summed E-state index contributed by atoms with van der Waals surface area (Å²) in [4.78, 5) is 14.7. The lowest BCUT2D eigenvalue weighted by Gasteiger charge is -2.26. The second kappa shape index (κ2) is 7.89. The third-order valence-corrected chi connectivity index (χ3v) is 8.75. The number of hydrogen-bond donors (Lipinski definition) is 0. The molecule has 0 spiro atoms. The van der Waals surface area contributed by atoms with Crippen molar-refractivity contribution in [3.05, 3.63) is 36.0 Å². The molecule has 4 aromatic rings. The van der Waals surface area contributed by atoms with Crippen LogP contribution in [0.2, 0.25) is 0 Å². The van der Waals surface area contributed by atoms with Crippen molar-refractivity contribution in [3.8, 4) is 0 Å². The number of hydrogen-bond acceptors (Lipinski definition) is 8. The molecule has 0 saturated carbocycles. The molecule has 0 radical (unpaired) electrons. The molecule has 0 amide bonds. The Labute approximate surface area is 182 Å². The highest BCUT2D eigenvalue weighted by Gasteiger charge is 2.27. The van der Waals surface area contributed by atoms with Crippen molar-refractivity contribution in [1.29, 1.82) is 0 Å². The molecule has 4 heterocycles. The third-order valence-electron chi connectivity index (χ3n) is 5.02. The first-order chi connectivity index (χ1) is 14.6. The molecule has 0 N–H and O–H groups in total. The van der Waals surface area contributed by atoms with E-state index in [0.717, 1.165) is 25.9 Å². The smallest absolute Gasteiger partial charge is 0.243 e. The van der Waals surface area contributed by atoms with Gasteiger partial charge in [0.05, 0.1) is 29.1 Å². The lowest BCUT2D eigenvalue weighted by Crippen LogP contribution is -2.40. The molecule has 1 fully saturated rings. The van der Waals surface area contributed by atoms with Gasteiger partial charge in [-0.2, -0.15) is 4.31 Å². The topological polar surface area (TPSA) is 90.2 Å². The zero-order chi connectivity index (χ0) is 20.7. The van der Waals surface area contributed by atoms with E-state index in [2.05, 4.69) is 14.5 Å². The summed E-state index contributed by atoms with van der Waals surface area (Å²) in [6.07, 6.45) is 1.56. The lowest BCUT2D eigenvalue weighted by molar-refractivity contribution is 0.0730. The van der Waals surface area contributed by atoms with Gasteiger partial charge < -0.3 is 9.30 Å². The number of fused-ring (bicyclic) bond motifs is 2. The molecule has 156 valence electrons. The number of ether oxygens (including phenoxy) is 1. The Morgan fingerprint density at radius 2 is 2.03 bits per heavy atom. The van der Waals surface area contributed by atoms with Gasteiger partial charge in [0, 0.05) is 25.0 Å². The van der Waals surface area contributed by atoms with E-state index in [9.17, 15) is 8.42 Å². The van der Waals surface area contributed by atoms with Gasteiger partial charge >= 0.3 is 0 Å². The van der Waals surface area contributed by atoms with E-state index in [1.165, 1.54) is 16.1 Å². The first-order valence-electron chi connectivity index (χ1n) is 9.52. The maximum absolute atomic E-state index is 13.0. The first-order valence-corrected chi connectivity index (χ1v) is 12.7. The number of morpholine rings is 1. The number of sulfonamides is 1. The van der Waals surface area contributed by atoms with Crippen LogP contribution in [0.4, 0.5) is 0 Å². The predicted octanol–water partition coefficient (Wildman–Crippen LogP) is 3.23. The van der Waals surface area contributed by atoms with Crippen molar-refractivity contribution >= 4 is 54.4 Å². The van der Waals surface area contributed by atoms with Crippen LogP contribution in [0.15, 0.2) is 51.1 Å². The molecule has 11 heteroatoms. The third kappa shape index (κ3) is 3.40. The molecule has 8 nitrogen and oxygen atoms in total. The summed E-state index contributed by atoms with van der Waals surface area (Å²) in [6.45, 7) is 4.34. The van der Waals surface area contributed by atoms with Crippen molar-refractivity contribution in [2.45, 2.75) is 28.5 Å². The molecule has 30 heavy (non-hydrogen) atoms. The lowest BCUT2D eigenvalue weighted by atomic mass is 10.3. The Kier molecular flexibility index (Phi) is 5.23. The van der Waals surface area contributed by atoms with Crippen LogP contribution >= 0.6 is 23.1 Å². The fraction of sp³-hybridized carbons (Fsp3) is 0.316. The van der Waals surface area contributed by atoms with E-state index >= 15 is 0 Å². The van der Waals surface area contributed by atoms with Crippen molar-refractivity contribution in [1.82, 2.24) is 23.8 Å². The van der Waals surface area contributed by atoms with Gasteiger partial charge in [-0.3, -0.25) is 0 Å². The van der Waals surface area contributed by atoms with Gasteiger partial charge in [-0.1, -0.05) is 0 Å². The Balaban J connectivity index is 1.55. The normalized spacial score (nSPS) is 15.9. The van der Waals surface area contributed by atoms with Gasteiger partial charge in [-0.05, 0) is 48.3 Å². The average Bonchev–Trinajstić information content (AvgIpc) is 3.38. The summed E-state index contributed by atoms with van der Waals surface area (Å²) in [5.41, 5.74) is 1.56. The van der Waals surface area contributed by atoms with Gasteiger partial charge in [0.1, 0.15) is 16.2 Å². The monoisotopic (exact) mass is 461 g/mol. The molecule has 0 bridgehead atoms. The maximum atomic E-state index is 13.0. The number of nitrogens with zero attached hydrogens (tertiary/aromatic N) is 5. The summed E-state index contributed by atoms with van der Waals surface area (Å²) >= 11 is 3.04. The van der Waals surface area contributed by atoms with E-state index in [4.69, 9.17) is 9.72 Å². The number of aryl methyl sites for hydroxylation is 1. The number of imidazole rings is 1. The number of benzene rings is 1. The summed E-state index contributed by atoms with van der Waals surface area (Å²) < 4.78 is 34.9. The van der Waals surface area contributed by atoms with Crippen molar-refractivity contribution in [3.63, 3.8) is 0 Å². The van der Waals surface area contributed by atoms with Gasteiger partial charge in [0.25, 0.3) is 0 Å². The van der Waals surface area contributed by atoms with Crippen LogP contribution in [-0.4, -0.2) is 58.5 Å². The molecule has 0 atom stereocenters. The second-order valence-electron chi connectivity index (χ2n) is 6.73. The Hall–Kier alpha value is -2.05. The largest absolute Gasteiger partial charge is 0.379 e. The van der Waals surface area contributed by atoms with E-state index in [1.807, 2.05) is 24.4 Å². The van der Waals surface area contributed by atoms with Gasteiger partial charge in [-0.15, -0.1) is 11.3 Å². The zero-order valence-corrected chi connectivity index (χ0v) is 18.6. The maximum Gasteiger partial charge on any atom is 0.243 e. The fourth-order valence-corrected chi connectivity index (χ4v) is 6.76. The van der Waals surface area contributed by atoms with E-state index < -0.39 is 10.0 Å². The summed E-state index contributed by atoms with van der Waals surface area (Å²) in [6, 6.07) is 7.17. The fourth-order valence-electron chi connectivity index (χ4n) is 3.50. The number of thiophene rings is 1. The Morgan fingerprint density at radius 3 is 2.83 bits per heavy atom. The number of rotatable bonds is 5. The minimum Gasteiger partial charge on any atom is -0.379 e. The van der Waals surface area contributed by atoms with Crippen molar-refractivity contribution < 1.29 is 13.2 Å². The molecule has 1 aliphatic heterocycles. The second-order valence-corrected chi connectivity index (χ2v) is 10.5. The Bertz CT molecular complexity index is 1330. The number of aromatic nitrogens is 4. The molecule has 0 aliphatic carbocycles. The molecule has 1 aromatic carbocycles. The highest BCUT2D eigenvalue weighted by atomic mass is 32.2. The first kappa shape index (κ1) is 19.9. The molecule has 1 aliphatic rings. The van der Waals surface area contributed by atoms with Gasteiger partial charge in [0.15, 0.2) is 5.16 Å². The minimum atomic E-state index is -3.57. The standard InChI is InChI=1S/C19H19N5O3S3/c1-2-24-16-4-3-13(30(25,26)23-6-8-27-9-7-23)11-15(16)22-19(24)29-18-14-5-10-28-17(14)20-12-21-18/h3-5,10-12H,2,6-9H2,1H3. The SMILES string of the molecule is CCn1c(Sc2ncnc3sccc23)nc2cc(S(=O)(=O)N3CCOCC3)ccc21. The summed E-state index contributed by atoms with van der Waals surface area (Å²) in [7, 11) is -3.57. The molecule has 0 unspecified atom stereocenters. The van der Waals surface area contributed by atoms with Crippen molar-refractivity contribution in [2.75, 3.05) is 26.3 Å². The summed E-state index contributed by atoms with van der Waals surface area (Å²) in [5.74, 6) is 0. The van der Waals surface area contributed by atoms with Gasteiger partial charge in [0.2, 0.25) is 10.0 Å². The summed E-state index contributed by atoms with van der Waals surface area (Å²) in [5, 5.41) is 4.61. The quantitative estimate of drug-likeness (QED) is 0.422. The molecular formula is C19H19N5O3S3. The Morgan fingerprint density at radius 1 is 1.20 bits per heavy atom. The average molecular weight is 462 g/mol. The molecular weight excluding hydrogens is 442 g/mol. The van der Waals surface area contributed by atoms with E-state index in [0.29, 0.717) is 38.4 Å². The zero-order valence-electron chi connectivity index (χ0n) is 16.2. The van der Waals surface area contributed by atoms with Crippen LogP contribution in [0, 0.1) is 0 Å². The van der Waals surface area contributed by atoms with Crippen LogP contribution in [-0.2, 0) is 21.3 Å². The van der Waals surface area contributed by atoms with Crippen LogP contribution in [0.25, 0.3) is 21.3 Å². The van der Waals surface area contributed by atoms with Crippen LogP contribution < -0.4 is 0 Å². The molecule has 1 saturated heterocycles. The van der Waals surface area contributed by atoms with E-state index in [1.54, 1.807) is 29.8 Å². The highest BCUT2D eigenvalue weighted by Crippen LogP contribution is 2.34. The molecule has 3 aromatic heterocycles. The predicted molar refractivity (Wildman–Crippen MR) is 117 cm³/mol. The highest BCUT2D eigenvalue weighted by molar-refractivity contribution is 7.99. The van der Waals surface area contributed by atoms with Crippen molar-refractivity contribution in [2.24, 2.45) is 0 Å².